The maximum absolute atomic E-state index is 13.6. The normalized spacial score (nSPS) is 12.7. The van der Waals surface area contributed by atoms with Gasteiger partial charge in [-0.05, 0) is 46.7 Å². The van der Waals surface area contributed by atoms with E-state index < -0.39 is 0 Å². The van der Waals surface area contributed by atoms with Gasteiger partial charge in [-0.3, -0.25) is 0 Å². The van der Waals surface area contributed by atoms with Crippen molar-refractivity contribution in [3.63, 3.8) is 0 Å². The van der Waals surface area contributed by atoms with Crippen LogP contribution in [0.3, 0.4) is 0 Å². The fourth-order valence-electron chi connectivity index (χ4n) is 1.93. The zero-order valence-electron chi connectivity index (χ0n) is 10.3. The van der Waals surface area contributed by atoms with E-state index in [1.165, 1.54) is 6.07 Å². The number of rotatable bonds is 4. The summed E-state index contributed by atoms with van der Waals surface area (Å²) >= 11 is 3.29. The van der Waals surface area contributed by atoms with E-state index >= 15 is 0 Å². The Hall–Kier alpha value is -1.13. The summed E-state index contributed by atoms with van der Waals surface area (Å²) in [5, 5.41) is 3.15. The molecular weight excluding hydrogens is 297 g/mol. The lowest BCUT2D eigenvalue weighted by Crippen LogP contribution is -2.17. The standard InChI is InChI=1S/C14H15BrFNO/c1-3-9-7-8-12(18-9)14(17-2)10-5-4-6-11(16)13(10)15/h4-8,14,17H,3H2,1-2H3. The number of hydrogen-bond acceptors (Lipinski definition) is 2. The van der Waals surface area contributed by atoms with E-state index in [1.54, 1.807) is 6.07 Å². The van der Waals surface area contributed by atoms with Gasteiger partial charge in [0.25, 0.3) is 0 Å². The molecule has 1 atom stereocenters. The Labute approximate surface area is 114 Å². The molecule has 1 unspecified atom stereocenters. The minimum absolute atomic E-state index is 0.157. The van der Waals surface area contributed by atoms with Crippen LogP contribution in [0.25, 0.3) is 0 Å². The Morgan fingerprint density at radius 1 is 1.33 bits per heavy atom. The van der Waals surface area contributed by atoms with Gasteiger partial charge in [-0.25, -0.2) is 4.39 Å². The molecule has 1 N–H and O–H groups in total. The van der Waals surface area contributed by atoms with Gasteiger partial charge in [0.1, 0.15) is 17.3 Å². The van der Waals surface area contributed by atoms with Gasteiger partial charge >= 0.3 is 0 Å². The monoisotopic (exact) mass is 311 g/mol. The molecule has 0 fully saturated rings. The number of benzene rings is 1. The molecule has 2 aromatic rings. The maximum atomic E-state index is 13.6. The summed E-state index contributed by atoms with van der Waals surface area (Å²) in [5.74, 6) is 1.45. The number of hydrogen-bond donors (Lipinski definition) is 1. The fourth-order valence-corrected chi connectivity index (χ4v) is 2.43. The minimum Gasteiger partial charge on any atom is -0.464 e. The molecule has 1 aromatic carbocycles. The second-order valence-electron chi connectivity index (χ2n) is 4.02. The Balaban J connectivity index is 2.41. The van der Waals surface area contributed by atoms with Crippen molar-refractivity contribution in [3.05, 3.63) is 57.7 Å². The highest BCUT2D eigenvalue weighted by Gasteiger charge is 2.19. The molecule has 0 bridgehead atoms. The third-order valence-electron chi connectivity index (χ3n) is 2.90. The molecule has 0 saturated carbocycles. The van der Waals surface area contributed by atoms with E-state index in [1.807, 2.05) is 32.2 Å². The smallest absolute Gasteiger partial charge is 0.137 e. The largest absolute Gasteiger partial charge is 0.464 e. The summed E-state index contributed by atoms with van der Waals surface area (Å²) in [7, 11) is 1.83. The SMILES string of the molecule is CCc1ccc(C(NC)c2cccc(F)c2Br)o1. The molecule has 1 aromatic heterocycles. The van der Waals surface area contributed by atoms with Crippen molar-refractivity contribution in [2.75, 3.05) is 7.05 Å². The van der Waals surface area contributed by atoms with Crippen molar-refractivity contribution in [1.82, 2.24) is 5.32 Å². The Kier molecular flexibility index (Phi) is 4.19. The quantitative estimate of drug-likeness (QED) is 0.921. The van der Waals surface area contributed by atoms with E-state index in [2.05, 4.69) is 21.2 Å². The number of furan rings is 1. The van der Waals surface area contributed by atoms with E-state index in [-0.39, 0.29) is 11.9 Å². The van der Waals surface area contributed by atoms with Gasteiger partial charge in [-0.2, -0.15) is 0 Å². The molecular formula is C14H15BrFNO. The lowest BCUT2D eigenvalue weighted by molar-refractivity contribution is 0.432. The van der Waals surface area contributed by atoms with E-state index in [9.17, 15) is 4.39 Å². The van der Waals surface area contributed by atoms with E-state index in [4.69, 9.17) is 4.42 Å². The predicted octanol–water partition coefficient (Wildman–Crippen LogP) is 4.05. The van der Waals surface area contributed by atoms with Crippen LogP contribution in [0, 0.1) is 5.82 Å². The minimum atomic E-state index is -0.268. The number of nitrogens with one attached hydrogen (secondary N) is 1. The van der Waals surface area contributed by atoms with Crippen molar-refractivity contribution < 1.29 is 8.81 Å². The zero-order chi connectivity index (χ0) is 13.1. The first kappa shape index (κ1) is 13.3. The third-order valence-corrected chi connectivity index (χ3v) is 3.73. The van der Waals surface area contributed by atoms with Crippen LogP contribution in [0.15, 0.2) is 39.2 Å². The molecule has 0 amide bonds. The topological polar surface area (TPSA) is 25.2 Å². The molecule has 0 spiro atoms. The Morgan fingerprint density at radius 3 is 2.72 bits per heavy atom. The van der Waals surface area contributed by atoms with E-state index in [0.717, 1.165) is 23.5 Å². The van der Waals surface area contributed by atoms with Gasteiger partial charge in [0.15, 0.2) is 0 Å². The van der Waals surface area contributed by atoms with Crippen LogP contribution in [0.2, 0.25) is 0 Å². The molecule has 4 heteroatoms. The van der Waals surface area contributed by atoms with Crippen LogP contribution in [-0.2, 0) is 6.42 Å². The lowest BCUT2D eigenvalue weighted by atomic mass is 10.0. The van der Waals surface area contributed by atoms with Crippen molar-refractivity contribution in [2.45, 2.75) is 19.4 Å². The Bertz CT molecular complexity index is 538. The molecule has 1 heterocycles. The lowest BCUT2D eigenvalue weighted by Gasteiger charge is -2.16. The van der Waals surface area contributed by atoms with Crippen molar-refractivity contribution in [3.8, 4) is 0 Å². The molecule has 2 nitrogen and oxygen atoms in total. The van der Waals surface area contributed by atoms with Crippen molar-refractivity contribution in [1.29, 1.82) is 0 Å². The second-order valence-corrected chi connectivity index (χ2v) is 4.82. The van der Waals surface area contributed by atoms with Crippen LogP contribution < -0.4 is 5.32 Å². The van der Waals surface area contributed by atoms with Crippen molar-refractivity contribution in [2.24, 2.45) is 0 Å². The molecule has 0 saturated heterocycles. The van der Waals surface area contributed by atoms with E-state index in [0.29, 0.717) is 4.47 Å². The summed E-state index contributed by atoms with van der Waals surface area (Å²) < 4.78 is 19.8. The highest BCUT2D eigenvalue weighted by Crippen LogP contribution is 2.31. The fraction of sp³-hybridized carbons (Fsp3) is 0.286. The molecule has 2 rings (SSSR count). The number of halogens is 2. The highest BCUT2D eigenvalue weighted by molar-refractivity contribution is 9.10. The summed E-state index contributed by atoms with van der Waals surface area (Å²) in [6.45, 7) is 2.04. The molecule has 0 aliphatic heterocycles. The van der Waals surface area contributed by atoms with Crippen LogP contribution in [-0.4, -0.2) is 7.05 Å². The molecule has 0 radical (unpaired) electrons. The first-order chi connectivity index (χ1) is 8.67. The third kappa shape index (κ3) is 2.49. The van der Waals surface area contributed by atoms with Gasteiger partial charge in [-0.15, -0.1) is 0 Å². The first-order valence-electron chi connectivity index (χ1n) is 5.87. The summed E-state index contributed by atoms with van der Waals surface area (Å²) in [5.41, 5.74) is 0.828. The van der Waals surface area contributed by atoms with Gasteiger partial charge in [0.2, 0.25) is 0 Å². The van der Waals surface area contributed by atoms with Crippen LogP contribution in [0.5, 0.6) is 0 Å². The Morgan fingerprint density at radius 2 is 2.11 bits per heavy atom. The summed E-state index contributed by atoms with van der Waals surface area (Å²) in [4.78, 5) is 0. The average Bonchev–Trinajstić information content (AvgIpc) is 2.84. The second kappa shape index (κ2) is 5.67. The van der Waals surface area contributed by atoms with Gasteiger partial charge < -0.3 is 9.73 Å². The zero-order valence-corrected chi connectivity index (χ0v) is 11.9. The number of aryl methyl sites for hydroxylation is 1. The van der Waals surface area contributed by atoms with Crippen molar-refractivity contribution >= 4 is 15.9 Å². The van der Waals surface area contributed by atoms with Gasteiger partial charge in [-0.1, -0.05) is 19.1 Å². The van der Waals surface area contributed by atoms with Gasteiger partial charge in [0.05, 0.1) is 10.5 Å². The van der Waals surface area contributed by atoms with Gasteiger partial charge in [0, 0.05) is 6.42 Å². The molecule has 0 aliphatic rings. The first-order valence-corrected chi connectivity index (χ1v) is 6.66. The molecule has 96 valence electrons. The van der Waals surface area contributed by atoms with Crippen LogP contribution >= 0.6 is 15.9 Å². The average molecular weight is 312 g/mol. The molecule has 18 heavy (non-hydrogen) atoms. The highest BCUT2D eigenvalue weighted by atomic mass is 79.9. The maximum Gasteiger partial charge on any atom is 0.137 e. The van der Waals surface area contributed by atoms with Crippen LogP contribution in [0.1, 0.15) is 30.0 Å². The molecule has 0 aliphatic carbocycles. The predicted molar refractivity (Wildman–Crippen MR) is 73.1 cm³/mol. The van der Waals surface area contributed by atoms with Crippen LogP contribution in [0.4, 0.5) is 4.39 Å². The summed E-state index contributed by atoms with van der Waals surface area (Å²) in [6, 6.07) is 8.73. The summed E-state index contributed by atoms with van der Waals surface area (Å²) in [6.07, 6.45) is 0.848.